The number of tetrazole rings is 1. The molecule has 0 amide bonds. The van der Waals surface area contributed by atoms with Gasteiger partial charge in [-0.2, -0.15) is 10.1 Å². The highest BCUT2D eigenvalue weighted by Crippen LogP contribution is 2.27. The average Bonchev–Trinajstić information content (AvgIpc) is 2.94. The number of rotatable bonds is 2. The highest BCUT2D eigenvalue weighted by atomic mass is 19.1. The van der Waals surface area contributed by atoms with Gasteiger partial charge in [-0.05, 0) is 40.6 Å². The van der Waals surface area contributed by atoms with Gasteiger partial charge in [0.05, 0.1) is 18.7 Å². The molecule has 0 aliphatic carbocycles. The van der Waals surface area contributed by atoms with Crippen molar-refractivity contribution >= 4 is 0 Å². The predicted octanol–water partition coefficient (Wildman–Crippen LogP) is 2.55. The Morgan fingerprint density at radius 2 is 1.81 bits per heavy atom. The third kappa shape index (κ3) is 2.49. The Kier molecular flexibility index (Phi) is 3.16. The number of hydrogen-bond acceptors (Lipinski definition) is 4. The SMILES string of the molecule is Cn1nnc(-c2cc(-c3ccc(F)cc3)ccc2C#N)n1. The van der Waals surface area contributed by atoms with Gasteiger partial charge >= 0.3 is 0 Å². The summed E-state index contributed by atoms with van der Waals surface area (Å²) in [5.41, 5.74) is 2.78. The van der Waals surface area contributed by atoms with Gasteiger partial charge in [0.2, 0.25) is 5.82 Å². The van der Waals surface area contributed by atoms with Crippen LogP contribution in [0.3, 0.4) is 0 Å². The van der Waals surface area contributed by atoms with Crippen LogP contribution in [0.4, 0.5) is 4.39 Å². The van der Waals surface area contributed by atoms with Crippen LogP contribution < -0.4 is 0 Å². The van der Waals surface area contributed by atoms with E-state index in [0.29, 0.717) is 17.0 Å². The van der Waals surface area contributed by atoms with E-state index in [9.17, 15) is 9.65 Å². The first kappa shape index (κ1) is 12.9. The normalized spacial score (nSPS) is 10.3. The second-order valence-corrected chi connectivity index (χ2v) is 4.48. The molecule has 0 bridgehead atoms. The van der Waals surface area contributed by atoms with E-state index < -0.39 is 0 Å². The molecule has 102 valence electrons. The standard InChI is InChI=1S/C15H10FN5/c1-21-19-15(18-20-21)14-8-11(2-3-12(14)9-17)10-4-6-13(16)7-5-10/h2-8H,1H3. The van der Waals surface area contributed by atoms with Crippen LogP contribution in [0.15, 0.2) is 42.5 Å². The van der Waals surface area contributed by atoms with Crippen LogP contribution in [0.5, 0.6) is 0 Å². The van der Waals surface area contributed by atoms with Gasteiger partial charge in [0.15, 0.2) is 0 Å². The van der Waals surface area contributed by atoms with Crippen LogP contribution in [-0.4, -0.2) is 20.2 Å². The van der Waals surface area contributed by atoms with Gasteiger partial charge in [-0.1, -0.05) is 18.2 Å². The Labute approximate surface area is 120 Å². The van der Waals surface area contributed by atoms with Crippen LogP contribution in [0.25, 0.3) is 22.5 Å². The molecule has 21 heavy (non-hydrogen) atoms. The molecule has 0 atom stereocenters. The van der Waals surface area contributed by atoms with Crippen molar-refractivity contribution in [3.8, 4) is 28.6 Å². The maximum Gasteiger partial charge on any atom is 0.206 e. The predicted molar refractivity (Wildman–Crippen MR) is 74.3 cm³/mol. The maximum atomic E-state index is 13.0. The van der Waals surface area contributed by atoms with Gasteiger partial charge in [0, 0.05) is 5.56 Å². The third-order valence-corrected chi connectivity index (χ3v) is 3.07. The summed E-state index contributed by atoms with van der Waals surface area (Å²) in [6.45, 7) is 0. The Morgan fingerprint density at radius 1 is 1.10 bits per heavy atom. The minimum absolute atomic E-state index is 0.289. The quantitative estimate of drug-likeness (QED) is 0.723. The van der Waals surface area contributed by atoms with E-state index in [-0.39, 0.29) is 5.82 Å². The molecule has 3 aromatic rings. The number of aromatic nitrogens is 4. The Balaban J connectivity index is 2.13. The van der Waals surface area contributed by atoms with Crippen molar-refractivity contribution in [3.05, 3.63) is 53.8 Å². The smallest absolute Gasteiger partial charge is 0.206 e. The van der Waals surface area contributed by atoms with E-state index in [1.807, 2.05) is 12.1 Å². The van der Waals surface area contributed by atoms with Crippen LogP contribution in [0.2, 0.25) is 0 Å². The first-order valence-corrected chi connectivity index (χ1v) is 6.22. The largest absolute Gasteiger partial charge is 0.207 e. The number of nitrogens with zero attached hydrogens (tertiary/aromatic N) is 5. The second-order valence-electron chi connectivity index (χ2n) is 4.48. The molecular weight excluding hydrogens is 269 g/mol. The first-order chi connectivity index (χ1) is 10.2. The lowest BCUT2D eigenvalue weighted by atomic mass is 9.99. The van der Waals surface area contributed by atoms with E-state index in [0.717, 1.165) is 11.1 Å². The van der Waals surface area contributed by atoms with E-state index in [4.69, 9.17) is 0 Å². The van der Waals surface area contributed by atoms with Crippen molar-refractivity contribution in [3.63, 3.8) is 0 Å². The van der Waals surface area contributed by atoms with Gasteiger partial charge in [0.1, 0.15) is 5.82 Å². The van der Waals surface area contributed by atoms with Crippen molar-refractivity contribution < 1.29 is 4.39 Å². The molecule has 6 heteroatoms. The maximum absolute atomic E-state index is 13.0. The van der Waals surface area contributed by atoms with Crippen LogP contribution in [0.1, 0.15) is 5.56 Å². The zero-order valence-corrected chi connectivity index (χ0v) is 11.2. The van der Waals surface area contributed by atoms with Crippen molar-refractivity contribution in [2.45, 2.75) is 0 Å². The van der Waals surface area contributed by atoms with Gasteiger partial charge in [-0.15, -0.1) is 10.2 Å². The van der Waals surface area contributed by atoms with Gasteiger partial charge < -0.3 is 0 Å². The minimum Gasteiger partial charge on any atom is -0.207 e. The highest BCUT2D eigenvalue weighted by Gasteiger charge is 2.12. The van der Waals surface area contributed by atoms with Gasteiger partial charge in [-0.3, -0.25) is 0 Å². The summed E-state index contributed by atoms with van der Waals surface area (Å²) < 4.78 is 13.0. The molecule has 0 aliphatic rings. The number of hydrogen-bond donors (Lipinski definition) is 0. The summed E-state index contributed by atoms with van der Waals surface area (Å²) in [4.78, 5) is 1.33. The highest BCUT2D eigenvalue weighted by molar-refractivity contribution is 5.74. The number of benzene rings is 2. The molecule has 0 fully saturated rings. The summed E-state index contributed by atoms with van der Waals surface area (Å²) in [5, 5.41) is 21.0. The fourth-order valence-corrected chi connectivity index (χ4v) is 2.04. The Bertz CT molecular complexity index is 830. The monoisotopic (exact) mass is 279 g/mol. The summed E-state index contributed by atoms with van der Waals surface area (Å²) in [6, 6.07) is 13.6. The molecule has 0 unspecified atom stereocenters. The molecule has 0 aliphatic heterocycles. The molecule has 3 rings (SSSR count). The molecule has 1 aromatic heterocycles. The lowest BCUT2D eigenvalue weighted by molar-refractivity contribution is 0.628. The third-order valence-electron chi connectivity index (χ3n) is 3.07. The van der Waals surface area contributed by atoms with E-state index >= 15 is 0 Å². The number of halogens is 1. The van der Waals surface area contributed by atoms with Crippen molar-refractivity contribution in [2.24, 2.45) is 7.05 Å². The zero-order valence-electron chi connectivity index (χ0n) is 11.2. The van der Waals surface area contributed by atoms with Crippen molar-refractivity contribution in [1.29, 1.82) is 5.26 Å². The Morgan fingerprint density at radius 3 is 2.43 bits per heavy atom. The molecule has 0 saturated heterocycles. The minimum atomic E-state index is -0.289. The molecule has 2 aromatic carbocycles. The van der Waals surface area contributed by atoms with Gasteiger partial charge in [-0.25, -0.2) is 4.39 Å². The number of aryl methyl sites for hydroxylation is 1. The summed E-state index contributed by atoms with van der Waals surface area (Å²) in [7, 11) is 1.66. The fourth-order valence-electron chi connectivity index (χ4n) is 2.04. The molecule has 0 N–H and O–H groups in total. The van der Waals surface area contributed by atoms with Gasteiger partial charge in [0.25, 0.3) is 0 Å². The van der Waals surface area contributed by atoms with E-state index in [2.05, 4.69) is 21.5 Å². The summed E-state index contributed by atoms with van der Waals surface area (Å²) in [5.74, 6) is 0.0984. The lowest BCUT2D eigenvalue weighted by Crippen LogP contribution is -1.93. The average molecular weight is 279 g/mol. The second kappa shape index (κ2) is 5.13. The van der Waals surface area contributed by atoms with E-state index in [1.165, 1.54) is 16.9 Å². The van der Waals surface area contributed by atoms with E-state index in [1.54, 1.807) is 25.2 Å². The molecule has 0 spiro atoms. The number of nitriles is 1. The van der Waals surface area contributed by atoms with Crippen molar-refractivity contribution in [2.75, 3.05) is 0 Å². The fraction of sp³-hybridized carbons (Fsp3) is 0.0667. The topological polar surface area (TPSA) is 67.4 Å². The Hall–Kier alpha value is -3.07. The zero-order chi connectivity index (χ0) is 14.8. The summed E-state index contributed by atoms with van der Waals surface area (Å²) in [6.07, 6.45) is 0. The molecular formula is C15H10FN5. The van der Waals surface area contributed by atoms with Crippen molar-refractivity contribution in [1.82, 2.24) is 20.2 Å². The van der Waals surface area contributed by atoms with Crippen LogP contribution >= 0.6 is 0 Å². The summed E-state index contributed by atoms with van der Waals surface area (Å²) >= 11 is 0. The molecule has 1 heterocycles. The lowest BCUT2D eigenvalue weighted by Gasteiger charge is -2.05. The molecule has 0 radical (unpaired) electrons. The van der Waals surface area contributed by atoms with Crippen LogP contribution in [-0.2, 0) is 7.05 Å². The first-order valence-electron chi connectivity index (χ1n) is 6.22. The molecule has 5 nitrogen and oxygen atoms in total. The van der Waals surface area contributed by atoms with Crippen LogP contribution in [0, 0.1) is 17.1 Å². The molecule has 0 saturated carbocycles.